The van der Waals surface area contributed by atoms with Crippen LogP contribution in [0.3, 0.4) is 0 Å². The minimum absolute atomic E-state index is 0.174. The molecule has 0 aliphatic heterocycles. The van der Waals surface area contributed by atoms with Gasteiger partial charge in [0.2, 0.25) is 0 Å². The highest BCUT2D eigenvalue weighted by Crippen LogP contribution is 2.02. The molecule has 0 aliphatic rings. The summed E-state index contributed by atoms with van der Waals surface area (Å²) in [5.74, 6) is -0.0850. The van der Waals surface area contributed by atoms with Gasteiger partial charge in [0.15, 0.2) is 0 Å². The van der Waals surface area contributed by atoms with Crippen molar-refractivity contribution in [3.8, 4) is 0 Å². The van der Waals surface area contributed by atoms with Crippen LogP contribution in [-0.2, 0) is 17.8 Å². The van der Waals surface area contributed by atoms with Crippen molar-refractivity contribution in [1.29, 1.82) is 0 Å². The minimum Gasteiger partial charge on any atom is -0.478 e. The third kappa shape index (κ3) is 2.18. The highest BCUT2D eigenvalue weighted by molar-refractivity contribution is 5.85. The largest absolute Gasteiger partial charge is 0.478 e. The fourth-order valence-electron chi connectivity index (χ4n) is 1.07. The van der Waals surface area contributed by atoms with Gasteiger partial charge < -0.3 is 9.67 Å². The number of aromatic nitrogens is 2. The van der Waals surface area contributed by atoms with Crippen LogP contribution < -0.4 is 0 Å². The summed E-state index contributed by atoms with van der Waals surface area (Å²) in [6.45, 7) is 5.73. The predicted molar refractivity (Wildman–Crippen MR) is 48.4 cm³/mol. The molecule has 0 saturated heterocycles. The molecular weight excluding hydrogens is 168 g/mol. The van der Waals surface area contributed by atoms with Gasteiger partial charge >= 0.3 is 5.97 Å². The van der Waals surface area contributed by atoms with Crippen molar-refractivity contribution in [2.75, 3.05) is 0 Å². The maximum atomic E-state index is 10.5. The molecular formula is C9H12N2O2. The Morgan fingerprint density at radius 3 is 3.00 bits per heavy atom. The summed E-state index contributed by atoms with van der Waals surface area (Å²) < 4.78 is 1.79. The second kappa shape index (κ2) is 3.89. The van der Waals surface area contributed by atoms with E-state index in [0.29, 0.717) is 6.54 Å². The molecule has 70 valence electrons. The van der Waals surface area contributed by atoms with Gasteiger partial charge in [0.05, 0.1) is 6.54 Å². The van der Waals surface area contributed by atoms with Gasteiger partial charge in [0.25, 0.3) is 0 Å². The number of hydrogen-bond acceptors (Lipinski definition) is 2. The van der Waals surface area contributed by atoms with Gasteiger partial charge in [0.1, 0.15) is 5.82 Å². The standard InChI is InChI=1S/C9H12N2O2/c1-3-8-10-4-5-11(8)6-7(2)9(12)13/h4-5H,2-3,6H2,1H3,(H,12,13). The van der Waals surface area contributed by atoms with Crippen molar-refractivity contribution in [3.05, 3.63) is 30.4 Å². The smallest absolute Gasteiger partial charge is 0.332 e. The third-order valence-electron chi connectivity index (χ3n) is 1.78. The quantitative estimate of drug-likeness (QED) is 0.705. The number of carboxylic acid groups (broad SMARTS) is 1. The zero-order chi connectivity index (χ0) is 9.84. The number of aliphatic carboxylic acids is 1. The number of carbonyl (C=O) groups is 1. The van der Waals surface area contributed by atoms with Crippen LogP contribution in [0.1, 0.15) is 12.7 Å². The lowest BCUT2D eigenvalue weighted by Crippen LogP contribution is -2.09. The molecule has 0 saturated carbocycles. The Morgan fingerprint density at radius 2 is 2.46 bits per heavy atom. The monoisotopic (exact) mass is 180 g/mol. The Labute approximate surface area is 76.5 Å². The van der Waals surface area contributed by atoms with E-state index >= 15 is 0 Å². The summed E-state index contributed by atoms with van der Waals surface area (Å²) >= 11 is 0. The Balaban J connectivity index is 2.74. The normalized spacial score (nSPS) is 9.92. The second-order valence-electron chi connectivity index (χ2n) is 2.73. The van der Waals surface area contributed by atoms with Crippen LogP contribution in [0.2, 0.25) is 0 Å². The minimum atomic E-state index is -0.962. The first-order valence-corrected chi connectivity index (χ1v) is 4.06. The van der Waals surface area contributed by atoms with Gasteiger partial charge in [-0.2, -0.15) is 0 Å². The van der Waals surface area contributed by atoms with Crippen LogP contribution in [0.25, 0.3) is 0 Å². The van der Waals surface area contributed by atoms with Crippen LogP contribution in [0, 0.1) is 0 Å². The molecule has 1 aromatic rings. The van der Waals surface area contributed by atoms with E-state index in [0.717, 1.165) is 12.2 Å². The van der Waals surface area contributed by atoms with E-state index in [-0.39, 0.29) is 5.57 Å². The molecule has 0 radical (unpaired) electrons. The van der Waals surface area contributed by atoms with E-state index < -0.39 is 5.97 Å². The Morgan fingerprint density at radius 1 is 1.77 bits per heavy atom. The Hall–Kier alpha value is -1.58. The van der Waals surface area contributed by atoms with Crippen molar-refractivity contribution < 1.29 is 9.90 Å². The average Bonchev–Trinajstić information content (AvgIpc) is 2.51. The van der Waals surface area contributed by atoms with Crippen LogP contribution in [0.5, 0.6) is 0 Å². The summed E-state index contributed by atoms with van der Waals surface area (Å²) in [4.78, 5) is 14.6. The number of rotatable bonds is 4. The van der Waals surface area contributed by atoms with E-state index in [1.807, 2.05) is 6.92 Å². The molecule has 0 atom stereocenters. The van der Waals surface area contributed by atoms with E-state index in [9.17, 15) is 4.79 Å². The summed E-state index contributed by atoms with van der Waals surface area (Å²) in [5, 5.41) is 8.61. The highest BCUT2D eigenvalue weighted by atomic mass is 16.4. The van der Waals surface area contributed by atoms with E-state index in [1.54, 1.807) is 17.0 Å². The summed E-state index contributed by atoms with van der Waals surface area (Å²) in [6.07, 6.45) is 4.21. The van der Waals surface area contributed by atoms with Gasteiger partial charge in [-0.05, 0) is 0 Å². The second-order valence-corrected chi connectivity index (χ2v) is 2.73. The molecule has 4 nitrogen and oxygen atoms in total. The van der Waals surface area contributed by atoms with Crippen molar-refractivity contribution in [2.45, 2.75) is 19.9 Å². The lowest BCUT2D eigenvalue weighted by Gasteiger charge is -2.05. The fourth-order valence-corrected chi connectivity index (χ4v) is 1.07. The number of aryl methyl sites for hydroxylation is 1. The zero-order valence-corrected chi connectivity index (χ0v) is 7.53. The topological polar surface area (TPSA) is 55.1 Å². The van der Waals surface area contributed by atoms with Gasteiger partial charge in [0, 0.05) is 24.4 Å². The van der Waals surface area contributed by atoms with Gasteiger partial charge in [-0.3, -0.25) is 0 Å². The molecule has 0 unspecified atom stereocenters. The first-order chi connectivity index (χ1) is 6.15. The maximum Gasteiger partial charge on any atom is 0.332 e. The van der Waals surface area contributed by atoms with Gasteiger partial charge in [-0.1, -0.05) is 13.5 Å². The first kappa shape index (κ1) is 9.51. The zero-order valence-electron chi connectivity index (χ0n) is 7.53. The molecule has 13 heavy (non-hydrogen) atoms. The van der Waals surface area contributed by atoms with Crippen molar-refractivity contribution in [3.63, 3.8) is 0 Å². The lowest BCUT2D eigenvalue weighted by molar-refractivity contribution is -0.132. The van der Waals surface area contributed by atoms with Crippen LogP contribution in [-0.4, -0.2) is 20.6 Å². The summed E-state index contributed by atoms with van der Waals surface area (Å²) in [6, 6.07) is 0. The highest BCUT2D eigenvalue weighted by Gasteiger charge is 2.06. The molecule has 4 heteroatoms. The molecule has 0 aliphatic carbocycles. The van der Waals surface area contributed by atoms with Gasteiger partial charge in [-0.15, -0.1) is 0 Å². The van der Waals surface area contributed by atoms with Crippen LogP contribution in [0.15, 0.2) is 24.5 Å². The van der Waals surface area contributed by atoms with Crippen molar-refractivity contribution in [1.82, 2.24) is 9.55 Å². The van der Waals surface area contributed by atoms with Gasteiger partial charge in [-0.25, -0.2) is 9.78 Å². The molecule has 1 rings (SSSR count). The third-order valence-corrected chi connectivity index (χ3v) is 1.78. The molecule has 0 amide bonds. The number of hydrogen-bond donors (Lipinski definition) is 1. The predicted octanol–water partition coefficient (Wildman–Crippen LogP) is 1.09. The lowest BCUT2D eigenvalue weighted by atomic mass is 10.3. The SMILES string of the molecule is C=C(Cn1ccnc1CC)C(=O)O. The first-order valence-electron chi connectivity index (χ1n) is 4.06. The maximum absolute atomic E-state index is 10.5. The Kier molecular flexibility index (Phi) is 2.84. The van der Waals surface area contributed by atoms with Crippen LogP contribution >= 0.6 is 0 Å². The number of imidazole rings is 1. The molecule has 1 heterocycles. The van der Waals surface area contributed by atoms with E-state index in [1.165, 1.54) is 0 Å². The summed E-state index contributed by atoms with van der Waals surface area (Å²) in [7, 11) is 0. The molecule has 0 aromatic carbocycles. The van der Waals surface area contributed by atoms with Crippen molar-refractivity contribution in [2.24, 2.45) is 0 Å². The van der Waals surface area contributed by atoms with Crippen molar-refractivity contribution >= 4 is 5.97 Å². The number of carboxylic acids is 1. The Bertz CT molecular complexity index is 328. The molecule has 0 spiro atoms. The fraction of sp³-hybridized carbons (Fsp3) is 0.333. The van der Waals surface area contributed by atoms with Crippen LogP contribution in [0.4, 0.5) is 0 Å². The molecule has 0 fully saturated rings. The number of nitrogens with zero attached hydrogens (tertiary/aromatic N) is 2. The molecule has 1 N–H and O–H groups in total. The average molecular weight is 180 g/mol. The summed E-state index contributed by atoms with van der Waals surface area (Å²) in [5.41, 5.74) is 0.174. The van der Waals surface area contributed by atoms with E-state index in [4.69, 9.17) is 5.11 Å². The van der Waals surface area contributed by atoms with E-state index in [2.05, 4.69) is 11.6 Å². The molecule has 0 bridgehead atoms. The molecule has 1 aromatic heterocycles.